The van der Waals surface area contributed by atoms with Crippen molar-refractivity contribution < 1.29 is 9.59 Å². The van der Waals surface area contributed by atoms with Crippen molar-refractivity contribution >= 4 is 12.1 Å². The van der Waals surface area contributed by atoms with E-state index in [0.717, 1.165) is 12.0 Å². The Morgan fingerprint density at radius 3 is 2.35 bits per heavy atom. The first-order valence-electron chi connectivity index (χ1n) is 6.23. The number of benzene rings is 1. The average Bonchev–Trinajstić information content (AvgIpc) is 2.32. The monoisotopic (exact) mass is 232 g/mol. The number of rotatable bonds is 7. The van der Waals surface area contributed by atoms with Gasteiger partial charge >= 0.3 is 0 Å². The van der Waals surface area contributed by atoms with Gasteiger partial charge in [-0.1, -0.05) is 44.0 Å². The van der Waals surface area contributed by atoms with Crippen LogP contribution in [0, 0.1) is 0 Å². The molecule has 92 valence electrons. The van der Waals surface area contributed by atoms with Crippen LogP contribution < -0.4 is 0 Å². The molecule has 0 spiro atoms. The number of hydrogen-bond donors (Lipinski definition) is 0. The quantitative estimate of drug-likeness (QED) is 0.410. The lowest BCUT2D eigenvalue weighted by atomic mass is 9.95. The van der Waals surface area contributed by atoms with Crippen molar-refractivity contribution in [3.63, 3.8) is 0 Å². The lowest BCUT2D eigenvalue weighted by molar-refractivity contribution is -0.122. The van der Waals surface area contributed by atoms with Gasteiger partial charge in [-0.25, -0.2) is 0 Å². The zero-order valence-electron chi connectivity index (χ0n) is 10.6. The van der Waals surface area contributed by atoms with Crippen LogP contribution in [0.3, 0.4) is 0 Å². The SMILES string of the molecule is CCCCCc1ccc(C(C=O)C(C)=O)cc1. The molecule has 0 heterocycles. The zero-order valence-corrected chi connectivity index (χ0v) is 10.6. The van der Waals surface area contributed by atoms with E-state index < -0.39 is 5.92 Å². The van der Waals surface area contributed by atoms with Gasteiger partial charge in [-0.15, -0.1) is 0 Å². The highest BCUT2D eigenvalue weighted by atomic mass is 16.1. The predicted molar refractivity (Wildman–Crippen MR) is 69.2 cm³/mol. The van der Waals surface area contributed by atoms with E-state index in [-0.39, 0.29) is 5.78 Å². The summed E-state index contributed by atoms with van der Waals surface area (Å²) in [6, 6.07) is 7.82. The molecule has 0 saturated carbocycles. The number of aldehydes is 1. The molecule has 0 fully saturated rings. The van der Waals surface area contributed by atoms with Crippen LogP contribution in [0.15, 0.2) is 24.3 Å². The van der Waals surface area contributed by atoms with Crippen molar-refractivity contribution in [2.75, 3.05) is 0 Å². The van der Waals surface area contributed by atoms with Crippen molar-refractivity contribution in [2.45, 2.75) is 45.4 Å². The fraction of sp³-hybridized carbons (Fsp3) is 0.467. The number of carbonyl (C=O) groups is 2. The molecule has 0 N–H and O–H groups in total. The molecule has 2 nitrogen and oxygen atoms in total. The standard InChI is InChI=1S/C15H20O2/c1-3-4-5-6-13-7-9-14(10-8-13)15(11-16)12(2)17/h7-11,15H,3-6H2,1-2H3. The van der Waals surface area contributed by atoms with E-state index in [0.29, 0.717) is 6.29 Å². The van der Waals surface area contributed by atoms with Gasteiger partial charge < -0.3 is 4.79 Å². The summed E-state index contributed by atoms with van der Waals surface area (Å²) < 4.78 is 0. The highest BCUT2D eigenvalue weighted by molar-refractivity contribution is 5.97. The third kappa shape index (κ3) is 4.14. The largest absolute Gasteiger partial charge is 0.302 e. The Kier molecular flexibility index (Phi) is 5.61. The Morgan fingerprint density at radius 1 is 1.24 bits per heavy atom. The second kappa shape index (κ2) is 7.00. The van der Waals surface area contributed by atoms with Crippen LogP contribution in [-0.4, -0.2) is 12.1 Å². The lowest BCUT2D eigenvalue weighted by Gasteiger charge is -2.08. The minimum atomic E-state index is -0.598. The number of unbranched alkanes of at least 4 members (excludes halogenated alkanes) is 2. The molecule has 1 rings (SSSR count). The fourth-order valence-electron chi connectivity index (χ4n) is 1.88. The fourth-order valence-corrected chi connectivity index (χ4v) is 1.88. The topological polar surface area (TPSA) is 34.1 Å². The second-order valence-electron chi connectivity index (χ2n) is 4.42. The van der Waals surface area contributed by atoms with Gasteiger partial charge in [0.25, 0.3) is 0 Å². The summed E-state index contributed by atoms with van der Waals surface area (Å²) in [5.41, 5.74) is 2.07. The Bertz CT molecular complexity index is 365. The van der Waals surface area contributed by atoms with Crippen LogP contribution in [0.25, 0.3) is 0 Å². The Morgan fingerprint density at radius 2 is 1.88 bits per heavy atom. The van der Waals surface area contributed by atoms with Crippen molar-refractivity contribution in [1.29, 1.82) is 0 Å². The summed E-state index contributed by atoms with van der Waals surface area (Å²) in [6.45, 7) is 3.64. The van der Waals surface area contributed by atoms with E-state index in [2.05, 4.69) is 6.92 Å². The van der Waals surface area contributed by atoms with Crippen LogP contribution in [0.5, 0.6) is 0 Å². The van der Waals surface area contributed by atoms with E-state index in [1.165, 1.54) is 31.7 Å². The maximum Gasteiger partial charge on any atom is 0.144 e. The van der Waals surface area contributed by atoms with Crippen LogP contribution in [-0.2, 0) is 16.0 Å². The van der Waals surface area contributed by atoms with Crippen LogP contribution in [0.4, 0.5) is 0 Å². The van der Waals surface area contributed by atoms with Gasteiger partial charge in [0.2, 0.25) is 0 Å². The summed E-state index contributed by atoms with van der Waals surface area (Å²) in [6.07, 6.45) is 5.44. The molecule has 17 heavy (non-hydrogen) atoms. The molecule has 0 aliphatic heterocycles. The molecule has 1 aromatic carbocycles. The average molecular weight is 232 g/mol. The molecule has 2 heteroatoms. The molecule has 1 atom stereocenters. The normalized spacial score (nSPS) is 12.1. The minimum Gasteiger partial charge on any atom is -0.302 e. The summed E-state index contributed by atoms with van der Waals surface area (Å²) in [4.78, 5) is 22.1. The maximum atomic E-state index is 11.2. The Balaban J connectivity index is 2.66. The van der Waals surface area contributed by atoms with Gasteiger partial charge in [0, 0.05) is 0 Å². The molecule has 0 aliphatic carbocycles. The summed E-state index contributed by atoms with van der Waals surface area (Å²) in [7, 11) is 0. The first-order valence-corrected chi connectivity index (χ1v) is 6.23. The molecule has 0 aliphatic rings. The number of ketones is 1. The van der Waals surface area contributed by atoms with Crippen molar-refractivity contribution in [3.05, 3.63) is 35.4 Å². The third-order valence-corrected chi connectivity index (χ3v) is 2.98. The van der Waals surface area contributed by atoms with Gasteiger partial charge in [0.1, 0.15) is 12.1 Å². The molecule has 0 aromatic heterocycles. The molecule has 1 aromatic rings. The summed E-state index contributed by atoms with van der Waals surface area (Å²) in [5.74, 6) is -0.696. The van der Waals surface area contributed by atoms with Crippen LogP contribution >= 0.6 is 0 Å². The maximum absolute atomic E-state index is 11.2. The van der Waals surface area contributed by atoms with Crippen LogP contribution in [0.1, 0.15) is 50.2 Å². The molecule has 0 bridgehead atoms. The summed E-state index contributed by atoms with van der Waals surface area (Å²) in [5, 5.41) is 0. The third-order valence-electron chi connectivity index (χ3n) is 2.98. The first-order chi connectivity index (χ1) is 8.19. The van der Waals surface area contributed by atoms with Crippen molar-refractivity contribution in [2.24, 2.45) is 0 Å². The molecule has 0 radical (unpaired) electrons. The Hall–Kier alpha value is -1.44. The van der Waals surface area contributed by atoms with Crippen LogP contribution in [0.2, 0.25) is 0 Å². The predicted octanol–water partition coefficient (Wildman–Crippen LogP) is 3.29. The zero-order chi connectivity index (χ0) is 12.7. The van der Waals surface area contributed by atoms with E-state index in [4.69, 9.17) is 0 Å². The van der Waals surface area contributed by atoms with Crippen molar-refractivity contribution in [3.8, 4) is 0 Å². The minimum absolute atomic E-state index is 0.0984. The first kappa shape index (κ1) is 13.6. The van der Waals surface area contributed by atoms with E-state index in [1.807, 2.05) is 24.3 Å². The number of carbonyl (C=O) groups excluding carboxylic acids is 2. The van der Waals surface area contributed by atoms with E-state index in [9.17, 15) is 9.59 Å². The lowest BCUT2D eigenvalue weighted by Crippen LogP contribution is -2.09. The highest BCUT2D eigenvalue weighted by Gasteiger charge is 2.14. The second-order valence-corrected chi connectivity index (χ2v) is 4.42. The van der Waals surface area contributed by atoms with Gasteiger partial charge in [0.15, 0.2) is 0 Å². The van der Waals surface area contributed by atoms with Gasteiger partial charge in [0.05, 0.1) is 5.92 Å². The molecule has 0 amide bonds. The highest BCUT2D eigenvalue weighted by Crippen LogP contribution is 2.16. The van der Waals surface area contributed by atoms with Gasteiger partial charge in [-0.2, -0.15) is 0 Å². The number of hydrogen-bond acceptors (Lipinski definition) is 2. The number of aryl methyl sites for hydroxylation is 1. The summed E-state index contributed by atoms with van der Waals surface area (Å²) >= 11 is 0. The van der Waals surface area contributed by atoms with Gasteiger partial charge in [-0.3, -0.25) is 4.79 Å². The van der Waals surface area contributed by atoms with Crippen molar-refractivity contribution in [1.82, 2.24) is 0 Å². The molecular formula is C15H20O2. The molecule has 1 unspecified atom stereocenters. The van der Waals surface area contributed by atoms with Gasteiger partial charge in [-0.05, 0) is 30.9 Å². The molecular weight excluding hydrogens is 212 g/mol. The van der Waals surface area contributed by atoms with E-state index in [1.54, 1.807) is 0 Å². The smallest absolute Gasteiger partial charge is 0.144 e. The Labute approximate surface area is 103 Å². The van der Waals surface area contributed by atoms with E-state index >= 15 is 0 Å². The molecule has 0 saturated heterocycles. The number of Topliss-reactive ketones (excluding diaryl/α,β-unsaturated/α-hetero) is 1.